The number of amides is 1. The van der Waals surface area contributed by atoms with Gasteiger partial charge in [-0.2, -0.15) is 0 Å². The van der Waals surface area contributed by atoms with Crippen LogP contribution in [0, 0.1) is 0 Å². The lowest BCUT2D eigenvalue weighted by atomic mass is 10.1. The molecule has 4 heteroatoms. The van der Waals surface area contributed by atoms with E-state index in [1.165, 1.54) is 0 Å². The van der Waals surface area contributed by atoms with E-state index < -0.39 is 0 Å². The molecule has 1 saturated heterocycles. The second kappa shape index (κ2) is 6.80. The highest BCUT2D eigenvalue weighted by molar-refractivity contribution is 5.81. The van der Waals surface area contributed by atoms with Crippen LogP contribution in [0.5, 0.6) is 0 Å². The molecular formula is C11H22N2O2. The molecule has 0 bridgehead atoms. The zero-order valence-corrected chi connectivity index (χ0v) is 9.71. The predicted molar refractivity (Wildman–Crippen MR) is 59.7 cm³/mol. The Kier molecular flexibility index (Phi) is 5.65. The van der Waals surface area contributed by atoms with Crippen LogP contribution >= 0.6 is 0 Å². The van der Waals surface area contributed by atoms with Crippen LogP contribution in [0.2, 0.25) is 0 Å². The molecule has 1 amide bonds. The van der Waals surface area contributed by atoms with Gasteiger partial charge in [-0.3, -0.25) is 4.79 Å². The first-order chi connectivity index (χ1) is 7.24. The van der Waals surface area contributed by atoms with Crippen LogP contribution in [-0.2, 0) is 9.53 Å². The first kappa shape index (κ1) is 12.5. The van der Waals surface area contributed by atoms with Crippen LogP contribution in [-0.4, -0.2) is 37.7 Å². The SMILES string of the molecule is CCOC(C)CNC1CCCCNC1=O. The van der Waals surface area contributed by atoms with Crippen LogP contribution in [0.1, 0.15) is 33.1 Å². The third-order valence-electron chi connectivity index (χ3n) is 2.64. The Bertz CT molecular complexity index is 197. The van der Waals surface area contributed by atoms with Gasteiger partial charge in [0, 0.05) is 19.7 Å². The fourth-order valence-electron chi connectivity index (χ4n) is 1.79. The Morgan fingerprint density at radius 3 is 3.13 bits per heavy atom. The van der Waals surface area contributed by atoms with Crippen molar-refractivity contribution < 1.29 is 9.53 Å². The molecule has 4 nitrogen and oxygen atoms in total. The molecule has 0 radical (unpaired) electrons. The molecule has 0 aromatic carbocycles. The maximum atomic E-state index is 11.6. The minimum Gasteiger partial charge on any atom is -0.377 e. The second-order valence-electron chi connectivity index (χ2n) is 4.01. The van der Waals surface area contributed by atoms with Crippen LogP contribution in [0.3, 0.4) is 0 Å². The summed E-state index contributed by atoms with van der Waals surface area (Å²) in [6, 6.07) is -0.0320. The summed E-state index contributed by atoms with van der Waals surface area (Å²) < 4.78 is 5.41. The van der Waals surface area contributed by atoms with Gasteiger partial charge in [0.1, 0.15) is 0 Å². The highest BCUT2D eigenvalue weighted by atomic mass is 16.5. The minimum atomic E-state index is -0.0320. The van der Waals surface area contributed by atoms with Crippen molar-refractivity contribution in [2.45, 2.75) is 45.3 Å². The number of carbonyl (C=O) groups is 1. The zero-order chi connectivity index (χ0) is 11.1. The van der Waals surface area contributed by atoms with Gasteiger partial charge < -0.3 is 15.4 Å². The smallest absolute Gasteiger partial charge is 0.237 e. The maximum absolute atomic E-state index is 11.6. The molecule has 0 aliphatic carbocycles. The van der Waals surface area contributed by atoms with E-state index in [-0.39, 0.29) is 18.1 Å². The molecule has 1 rings (SSSR count). The minimum absolute atomic E-state index is 0.0320. The number of ether oxygens (including phenoxy) is 1. The van der Waals surface area contributed by atoms with Crippen molar-refractivity contribution in [2.24, 2.45) is 0 Å². The number of hydrogen-bond acceptors (Lipinski definition) is 3. The molecule has 0 spiro atoms. The Morgan fingerprint density at radius 1 is 1.60 bits per heavy atom. The Labute approximate surface area is 91.8 Å². The molecule has 1 aliphatic rings. The molecule has 15 heavy (non-hydrogen) atoms. The molecule has 1 fully saturated rings. The first-order valence-corrected chi connectivity index (χ1v) is 5.86. The summed E-state index contributed by atoms with van der Waals surface area (Å²) in [5.74, 6) is 0.135. The van der Waals surface area contributed by atoms with Crippen molar-refractivity contribution in [1.82, 2.24) is 10.6 Å². The van der Waals surface area contributed by atoms with E-state index >= 15 is 0 Å². The number of hydrogen-bond donors (Lipinski definition) is 2. The lowest BCUT2D eigenvalue weighted by Gasteiger charge is -2.18. The Hall–Kier alpha value is -0.610. The topological polar surface area (TPSA) is 50.4 Å². The lowest BCUT2D eigenvalue weighted by Crippen LogP contribution is -2.45. The van der Waals surface area contributed by atoms with E-state index in [0.29, 0.717) is 0 Å². The van der Waals surface area contributed by atoms with Crippen LogP contribution in [0.15, 0.2) is 0 Å². The van der Waals surface area contributed by atoms with Gasteiger partial charge in [-0.05, 0) is 33.1 Å². The van der Waals surface area contributed by atoms with E-state index in [2.05, 4.69) is 10.6 Å². The fourth-order valence-corrected chi connectivity index (χ4v) is 1.79. The van der Waals surface area contributed by atoms with Gasteiger partial charge in [0.15, 0.2) is 0 Å². The summed E-state index contributed by atoms with van der Waals surface area (Å²) >= 11 is 0. The highest BCUT2D eigenvalue weighted by Crippen LogP contribution is 2.05. The zero-order valence-electron chi connectivity index (χ0n) is 9.71. The average molecular weight is 214 g/mol. The molecule has 2 unspecified atom stereocenters. The van der Waals surface area contributed by atoms with Crippen molar-refractivity contribution in [3.63, 3.8) is 0 Å². The van der Waals surface area contributed by atoms with Crippen molar-refractivity contribution >= 4 is 5.91 Å². The van der Waals surface area contributed by atoms with E-state index in [0.717, 1.165) is 39.0 Å². The van der Waals surface area contributed by atoms with Crippen molar-refractivity contribution in [3.05, 3.63) is 0 Å². The Balaban J connectivity index is 2.26. The van der Waals surface area contributed by atoms with Gasteiger partial charge in [0.2, 0.25) is 5.91 Å². The van der Waals surface area contributed by atoms with Gasteiger partial charge in [0.25, 0.3) is 0 Å². The molecule has 2 N–H and O–H groups in total. The summed E-state index contributed by atoms with van der Waals surface area (Å²) in [7, 11) is 0. The van der Waals surface area contributed by atoms with Gasteiger partial charge in [0.05, 0.1) is 12.1 Å². The molecule has 2 atom stereocenters. The monoisotopic (exact) mass is 214 g/mol. The van der Waals surface area contributed by atoms with E-state index in [1.54, 1.807) is 0 Å². The van der Waals surface area contributed by atoms with E-state index in [1.807, 2.05) is 13.8 Å². The van der Waals surface area contributed by atoms with Crippen LogP contribution in [0.4, 0.5) is 0 Å². The molecule has 88 valence electrons. The normalized spacial score (nSPS) is 24.4. The molecule has 0 saturated carbocycles. The molecule has 1 aliphatic heterocycles. The lowest BCUT2D eigenvalue weighted by molar-refractivity contribution is -0.123. The predicted octanol–water partition coefficient (Wildman–Crippen LogP) is 0.670. The summed E-state index contributed by atoms with van der Waals surface area (Å²) in [5.41, 5.74) is 0. The quantitative estimate of drug-likeness (QED) is 0.707. The summed E-state index contributed by atoms with van der Waals surface area (Å²) in [6.07, 6.45) is 3.31. The van der Waals surface area contributed by atoms with Gasteiger partial charge in [-0.1, -0.05) is 0 Å². The van der Waals surface area contributed by atoms with Gasteiger partial charge >= 0.3 is 0 Å². The van der Waals surface area contributed by atoms with Crippen molar-refractivity contribution in [3.8, 4) is 0 Å². The van der Waals surface area contributed by atoms with Crippen LogP contribution in [0.25, 0.3) is 0 Å². The standard InChI is InChI=1S/C11H22N2O2/c1-3-15-9(2)8-13-10-6-4-5-7-12-11(10)14/h9-10,13H,3-8H2,1-2H3,(H,12,14). The van der Waals surface area contributed by atoms with Crippen molar-refractivity contribution in [2.75, 3.05) is 19.7 Å². The largest absolute Gasteiger partial charge is 0.377 e. The van der Waals surface area contributed by atoms with Gasteiger partial charge in [-0.25, -0.2) is 0 Å². The molecule has 1 heterocycles. The second-order valence-corrected chi connectivity index (χ2v) is 4.01. The number of nitrogens with one attached hydrogen (secondary N) is 2. The highest BCUT2D eigenvalue weighted by Gasteiger charge is 2.20. The van der Waals surface area contributed by atoms with E-state index in [9.17, 15) is 4.79 Å². The van der Waals surface area contributed by atoms with Crippen molar-refractivity contribution in [1.29, 1.82) is 0 Å². The summed E-state index contributed by atoms with van der Waals surface area (Å²) in [6.45, 7) is 6.28. The number of rotatable bonds is 5. The van der Waals surface area contributed by atoms with Crippen LogP contribution < -0.4 is 10.6 Å². The molecule has 0 aromatic rings. The summed E-state index contributed by atoms with van der Waals surface area (Å²) in [4.78, 5) is 11.6. The molecular weight excluding hydrogens is 192 g/mol. The fraction of sp³-hybridized carbons (Fsp3) is 0.909. The Morgan fingerprint density at radius 2 is 2.40 bits per heavy atom. The average Bonchev–Trinajstić information content (AvgIpc) is 2.41. The number of carbonyl (C=O) groups excluding carboxylic acids is 1. The third-order valence-corrected chi connectivity index (χ3v) is 2.64. The third kappa shape index (κ3) is 4.62. The van der Waals surface area contributed by atoms with Gasteiger partial charge in [-0.15, -0.1) is 0 Å². The molecule has 0 aromatic heterocycles. The summed E-state index contributed by atoms with van der Waals surface area (Å²) in [5, 5.41) is 6.17. The maximum Gasteiger partial charge on any atom is 0.237 e. The van der Waals surface area contributed by atoms with E-state index in [4.69, 9.17) is 4.74 Å². The first-order valence-electron chi connectivity index (χ1n) is 5.86.